The van der Waals surface area contributed by atoms with Gasteiger partial charge in [-0.15, -0.1) is 0 Å². The van der Waals surface area contributed by atoms with Crippen molar-refractivity contribution in [3.63, 3.8) is 0 Å². The van der Waals surface area contributed by atoms with Gasteiger partial charge in [0.15, 0.2) is 0 Å². The summed E-state index contributed by atoms with van der Waals surface area (Å²) in [5.41, 5.74) is -0.214. The molecule has 0 aromatic rings. The lowest BCUT2D eigenvalue weighted by Gasteiger charge is -2.41. The largest absolute Gasteiger partial charge is 0.390 e. The number of β-amino-alcohol motifs (C(OH)–C–C–N with tert-alkyl or cyclic N) is 1. The molecular weight excluding hydrogens is 185 g/mol. The summed E-state index contributed by atoms with van der Waals surface area (Å²) in [5, 5.41) is 22.4. The van der Waals surface area contributed by atoms with Crippen LogP contribution in [0, 0.1) is 5.92 Å². The topological polar surface area (TPSA) is 52.5 Å². The normalized spacial score (nSPS) is 42.4. The standard InChI is InChI=1S/C10H18FNO2/c1-2-6(11)8-9(14)7(13)5-12-10(8)3-4-10/h6-9,12-14H,2-5H2,1H3. The van der Waals surface area contributed by atoms with Gasteiger partial charge in [-0.3, -0.25) is 0 Å². The molecule has 0 bridgehead atoms. The maximum atomic E-state index is 13.7. The second-order valence-electron chi connectivity index (χ2n) is 4.55. The van der Waals surface area contributed by atoms with Gasteiger partial charge in [0, 0.05) is 18.0 Å². The second kappa shape index (κ2) is 3.43. The average molecular weight is 203 g/mol. The SMILES string of the molecule is CCC(F)C1C(O)C(O)CNC12CC2. The summed E-state index contributed by atoms with van der Waals surface area (Å²) in [5.74, 6) is -0.434. The molecule has 4 atom stereocenters. The van der Waals surface area contributed by atoms with Crippen LogP contribution < -0.4 is 5.32 Å². The summed E-state index contributed by atoms with van der Waals surface area (Å²) in [6, 6.07) is 0. The molecule has 1 aliphatic heterocycles. The maximum absolute atomic E-state index is 13.7. The van der Waals surface area contributed by atoms with E-state index >= 15 is 0 Å². The molecule has 4 heteroatoms. The van der Waals surface area contributed by atoms with Crippen LogP contribution in [0.25, 0.3) is 0 Å². The van der Waals surface area contributed by atoms with Crippen LogP contribution in [-0.4, -0.2) is 40.7 Å². The van der Waals surface area contributed by atoms with Gasteiger partial charge >= 0.3 is 0 Å². The first kappa shape index (κ1) is 10.3. The molecule has 1 spiro atoms. The van der Waals surface area contributed by atoms with Crippen LogP contribution in [0.3, 0.4) is 0 Å². The van der Waals surface area contributed by atoms with E-state index in [1.807, 2.05) is 0 Å². The highest BCUT2D eigenvalue weighted by Crippen LogP contribution is 2.48. The molecule has 3 N–H and O–H groups in total. The summed E-state index contributed by atoms with van der Waals surface area (Å²) in [6.45, 7) is 2.16. The van der Waals surface area contributed by atoms with Crippen molar-refractivity contribution < 1.29 is 14.6 Å². The number of piperidine rings is 1. The van der Waals surface area contributed by atoms with Crippen LogP contribution in [0.5, 0.6) is 0 Å². The number of hydrogen-bond donors (Lipinski definition) is 3. The Bertz CT molecular complexity index is 220. The minimum absolute atomic E-state index is 0.214. The number of alkyl halides is 1. The second-order valence-corrected chi connectivity index (χ2v) is 4.55. The van der Waals surface area contributed by atoms with Gasteiger partial charge in [-0.2, -0.15) is 0 Å². The fraction of sp³-hybridized carbons (Fsp3) is 1.00. The highest BCUT2D eigenvalue weighted by Gasteiger charge is 2.58. The molecule has 1 aliphatic carbocycles. The maximum Gasteiger partial charge on any atom is 0.107 e. The van der Waals surface area contributed by atoms with Crippen LogP contribution in [-0.2, 0) is 0 Å². The predicted molar refractivity (Wildman–Crippen MR) is 50.7 cm³/mol. The third-order valence-corrected chi connectivity index (χ3v) is 3.63. The van der Waals surface area contributed by atoms with E-state index in [1.54, 1.807) is 6.92 Å². The molecule has 0 aromatic heterocycles. The quantitative estimate of drug-likeness (QED) is 0.601. The fourth-order valence-electron chi connectivity index (χ4n) is 2.57. The van der Waals surface area contributed by atoms with E-state index in [0.717, 1.165) is 12.8 Å². The van der Waals surface area contributed by atoms with Crippen LogP contribution in [0.15, 0.2) is 0 Å². The van der Waals surface area contributed by atoms with Crippen molar-refractivity contribution in [3.05, 3.63) is 0 Å². The van der Waals surface area contributed by atoms with Crippen molar-refractivity contribution in [2.24, 2.45) is 5.92 Å². The summed E-state index contributed by atoms with van der Waals surface area (Å²) in [4.78, 5) is 0. The zero-order valence-corrected chi connectivity index (χ0v) is 8.41. The van der Waals surface area contributed by atoms with E-state index in [-0.39, 0.29) is 5.54 Å². The molecule has 3 nitrogen and oxygen atoms in total. The van der Waals surface area contributed by atoms with Gasteiger partial charge in [0.05, 0.1) is 12.2 Å². The molecule has 4 unspecified atom stereocenters. The Balaban J connectivity index is 2.14. The lowest BCUT2D eigenvalue weighted by molar-refractivity contribution is -0.0816. The highest BCUT2D eigenvalue weighted by molar-refractivity contribution is 5.14. The summed E-state index contributed by atoms with van der Waals surface area (Å²) in [7, 11) is 0. The van der Waals surface area contributed by atoms with Crippen LogP contribution >= 0.6 is 0 Å². The molecule has 0 amide bonds. The number of rotatable bonds is 2. The molecule has 2 aliphatic rings. The molecule has 2 fully saturated rings. The fourth-order valence-corrected chi connectivity index (χ4v) is 2.57. The van der Waals surface area contributed by atoms with Crippen molar-refractivity contribution >= 4 is 0 Å². The molecule has 0 radical (unpaired) electrons. The first-order chi connectivity index (χ1) is 6.60. The molecule has 1 saturated heterocycles. The van der Waals surface area contributed by atoms with Gasteiger partial charge in [-0.1, -0.05) is 6.92 Å². The Labute approximate surface area is 83.3 Å². The Kier molecular flexibility index (Phi) is 2.53. The molecule has 1 heterocycles. The minimum Gasteiger partial charge on any atom is -0.390 e. The molecule has 2 rings (SSSR count). The number of aliphatic hydroxyl groups is 2. The summed E-state index contributed by atoms with van der Waals surface area (Å²) in [6.07, 6.45) is -0.513. The molecule has 82 valence electrons. The van der Waals surface area contributed by atoms with Crippen molar-refractivity contribution in [2.75, 3.05) is 6.54 Å². The van der Waals surface area contributed by atoms with Gasteiger partial charge in [0.2, 0.25) is 0 Å². The minimum atomic E-state index is -1.02. The third-order valence-electron chi connectivity index (χ3n) is 3.63. The van der Waals surface area contributed by atoms with Gasteiger partial charge in [-0.25, -0.2) is 4.39 Å². The highest BCUT2D eigenvalue weighted by atomic mass is 19.1. The molecular formula is C10H18FNO2. The van der Waals surface area contributed by atoms with Gasteiger partial charge < -0.3 is 15.5 Å². The average Bonchev–Trinajstić information content (AvgIpc) is 2.93. The van der Waals surface area contributed by atoms with Crippen molar-refractivity contribution in [2.45, 2.75) is 50.1 Å². The van der Waals surface area contributed by atoms with E-state index in [0.29, 0.717) is 13.0 Å². The zero-order valence-electron chi connectivity index (χ0n) is 8.41. The number of nitrogens with one attached hydrogen (secondary N) is 1. The first-order valence-corrected chi connectivity index (χ1v) is 5.36. The van der Waals surface area contributed by atoms with Crippen molar-refractivity contribution in [1.82, 2.24) is 5.32 Å². The van der Waals surface area contributed by atoms with E-state index < -0.39 is 24.3 Å². The molecule has 1 saturated carbocycles. The smallest absolute Gasteiger partial charge is 0.107 e. The lowest BCUT2D eigenvalue weighted by Crippen LogP contribution is -2.60. The molecule has 14 heavy (non-hydrogen) atoms. The van der Waals surface area contributed by atoms with E-state index in [2.05, 4.69) is 5.32 Å². The summed E-state index contributed by atoms with van der Waals surface area (Å²) < 4.78 is 13.7. The number of hydrogen-bond acceptors (Lipinski definition) is 3. The Hall–Kier alpha value is -0.190. The lowest BCUT2D eigenvalue weighted by atomic mass is 9.80. The van der Waals surface area contributed by atoms with Gasteiger partial charge in [0.1, 0.15) is 6.17 Å². The zero-order chi connectivity index (χ0) is 10.3. The van der Waals surface area contributed by atoms with Crippen LogP contribution in [0.4, 0.5) is 4.39 Å². The number of aliphatic hydroxyl groups excluding tert-OH is 2. The van der Waals surface area contributed by atoms with Crippen molar-refractivity contribution in [3.8, 4) is 0 Å². The van der Waals surface area contributed by atoms with Gasteiger partial charge in [-0.05, 0) is 19.3 Å². The van der Waals surface area contributed by atoms with E-state index in [9.17, 15) is 14.6 Å². The van der Waals surface area contributed by atoms with E-state index in [4.69, 9.17) is 0 Å². The first-order valence-electron chi connectivity index (χ1n) is 5.36. The molecule has 0 aromatic carbocycles. The Morgan fingerprint density at radius 3 is 2.64 bits per heavy atom. The predicted octanol–water partition coefficient (Wildman–Crippen LogP) is 0.208. The number of halogens is 1. The van der Waals surface area contributed by atoms with Crippen molar-refractivity contribution in [1.29, 1.82) is 0 Å². The monoisotopic (exact) mass is 203 g/mol. The third kappa shape index (κ3) is 1.45. The Morgan fingerprint density at radius 1 is 1.50 bits per heavy atom. The summed E-state index contributed by atoms with van der Waals surface area (Å²) >= 11 is 0. The van der Waals surface area contributed by atoms with Crippen LogP contribution in [0.2, 0.25) is 0 Å². The van der Waals surface area contributed by atoms with Crippen LogP contribution in [0.1, 0.15) is 26.2 Å². The van der Waals surface area contributed by atoms with E-state index in [1.165, 1.54) is 0 Å². The van der Waals surface area contributed by atoms with Gasteiger partial charge in [0.25, 0.3) is 0 Å². The Morgan fingerprint density at radius 2 is 2.14 bits per heavy atom.